The molecule has 2 rings (SSSR count). The van der Waals surface area contributed by atoms with Gasteiger partial charge in [-0.15, -0.1) is 0 Å². The number of hydrogen-bond donors (Lipinski definition) is 0. The van der Waals surface area contributed by atoms with Crippen LogP contribution in [0.2, 0.25) is 0 Å². The highest BCUT2D eigenvalue weighted by Gasteiger charge is 2.39. The third-order valence-electron chi connectivity index (χ3n) is 3.39. The van der Waals surface area contributed by atoms with Crippen LogP contribution in [0.25, 0.3) is 0 Å². The van der Waals surface area contributed by atoms with Gasteiger partial charge in [-0.3, -0.25) is 4.79 Å². The molecule has 0 fully saturated rings. The van der Waals surface area contributed by atoms with E-state index in [4.69, 9.17) is 0 Å². The van der Waals surface area contributed by atoms with Crippen LogP contribution in [0.3, 0.4) is 0 Å². The number of alkyl halides is 3. The van der Waals surface area contributed by atoms with Gasteiger partial charge in [-0.1, -0.05) is 30.3 Å². The van der Waals surface area contributed by atoms with Crippen LogP contribution in [-0.2, 0) is 27.2 Å². The molecule has 4 nitrogen and oxygen atoms in total. The number of rotatable bonds is 3. The number of hydrogen-bond acceptors (Lipinski definition) is 3. The molecule has 0 bridgehead atoms. The second-order valence-electron chi connectivity index (χ2n) is 5.53. The summed E-state index contributed by atoms with van der Waals surface area (Å²) in [5.41, 5.74) is -2.96. The Morgan fingerprint density at radius 1 is 1.04 bits per heavy atom. The number of nitrogens with zero attached hydrogens (tertiary/aromatic N) is 1. The van der Waals surface area contributed by atoms with Crippen molar-refractivity contribution in [2.24, 2.45) is 4.99 Å². The average Bonchev–Trinajstić information content (AvgIpc) is 2.54. The van der Waals surface area contributed by atoms with Crippen LogP contribution in [0, 0.1) is 11.6 Å². The van der Waals surface area contributed by atoms with Crippen molar-refractivity contribution in [1.29, 1.82) is 0 Å². The van der Waals surface area contributed by atoms with E-state index in [1.807, 2.05) is 0 Å². The number of aliphatic imine (C=N–C) groups is 1. The summed E-state index contributed by atoms with van der Waals surface area (Å²) in [5.74, 6) is -4.88. The molecule has 0 aliphatic rings. The van der Waals surface area contributed by atoms with Crippen LogP contribution >= 0.6 is 0 Å². The minimum Gasteiger partial charge on any atom is -0.272 e. The highest BCUT2D eigenvalue weighted by molar-refractivity contribution is 8.06. The first kappa shape index (κ1) is 20.7. The lowest BCUT2D eigenvalue weighted by Crippen LogP contribution is -2.24. The molecule has 0 aliphatic heterocycles. The largest absolute Gasteiger partial charge is 0.417 e. The molecular formula is C17H12F5NO3S. The predicted octanol–water partition coefficient (Wildman–Crippen LogP) is 3.54. The molecule has 2 aromatic carbocycles. The highest BCUT2D eigenvalue weighted by Crippen LogP contribution is 2.35. The van der Waals surface area contributed by atoms with Gasteiger partial charge >= 0.3 is 6.18 Å². The number of sulfone groups is 1. The minimum absolute atomic E-state index is 0.191. The van der Waals surface area contributed by atoms with E-state index >= 15 is 0 Å². The standard InChI is InChI=1S/C17H12F5NO3S/c1-27(25,26)16(23-13(24)9-10-5-3-2-4-6-10)14-11(17(20,21)22)7-8-12(18)15(14)19/h2-8H,9H2,1H3. The Hall–Kier alpha value is -2.62. The Morgan fingerprint density at radius 2 is 1.63 bits per heavy atom. The average molecular weight is 405 g/mol. The maximum absolute atomic E-state index is 14.1. The molecule has 0 atom stereocenters. The zero-order chi connectivity index (χ0) is 20.4. The van der Waals surface area contributed by atoms with Crippen molar-refractivity contribution in [1.82, 2.24) is 0 Å². The van der Waals surface area contributed by atoms with Gasteiger partial charge in [0.1, 0.15) is 0 Å². The van der Waals surface area contributed by atoms with Crippen LogP contribution in [-0.4, -0.2) is 25.6 Å². The Balaban J connectivity index is 2.66. The molecule has 0 saturated heterocycles. The summed E-state index contributed by atoms with van der Waals surface area (Å²) < 4.78 is 91.0. The Morgan fingerprint density at radius 3 is 2.15 bits per heavy atom. The molecule has 0 spiro atoms. The van der Waals surface area contributed by atoms with Gasteiger partial charge in [0.25, 0.3) is 5.91 Å². The monoisotopic (exact) mass is 405 g/mol. The summed E-state index contributed by atoms with van der Waals surface area (Å²) in [4.78, 5) is 15.2. The summed E-state index contributed by atoms with van der Waals surface area (Å²) in [6.45, 7) is 0. The van der Waals surface area contributed by atoms with Crippen molar-refractivity contribution in [3.63, 3.8) is 0 Å². The molecule has 10 heteroatoms. The lowest BCUT2D eigenvalue weighted by Gasteiger charge is -2.15. The van der Waals surface area contributed by atoms with Crippen LogP contribution < -0.4 is 0 Å². The van der Waals surface area contributed by atoms with E-state index < -0.39 is 56.1 Å². The number of carbonyl (C=O) groups excluding carboxylic acids is 1. The van der Waals surface area contributed by atoms with E-state index in [1.165, 1.54) is 12.1 Å². The molecule has 0 aliphatic carbocycles. The van der Waals surface area contributed by atoms with Crippen molar-refractivity contribution < 1.29 is 35.2 Å². The third kappa shape index (κ3) is 4.97. The molecule has 2 aromatic rings. The molecule has 1 amide bonds. The second kappa shape index (κ2) is 7.55. The highest BCUT2D eigenvalue weighted by atomic mass is 32.2. The van der Waals surface area contributed by atoms with E-state index in [2.05, 4.69) is 4.99 Å². The number of carbonyl (C=O) groups is 1. The third-order valence-corrected chi connectivity index (χ3v) is 4.39. The van der Waals surface area contributed by atoms with Gasteiger partial charge < -0.3 is 0 Å². The van der Waals surface area contributed by atoms with Crippen molar-refractivity contribution in [3.8, 4) is 0 Å². The van der Waals surface area contributed by atoms with E-state index in [0.29, 0.717) is 11.8 Å². The van der Waals surface area contributed by atoms with Crippen molar-refractivity contribution in [2.45, 2.75) is 12.6 Å². The van der Waals surface area contributed by atoms with Gasteiger partial charge in [-0.05, 0) is 17.7 Å². The maximum atomic E-state index is 14.1. The first-order valence-corrected chi connectivity index (χ1v) is 9.21. The molecule has 0 heterocycles. The summed E-state index contributed by atoms with van der Waals surface area (Å²) in [5, 5.41) is -1.48. The quantitative estimate of drug-likeness (QED) is 0.446. The van der Waals surface area contributed by atoms with Crippen LogP contribution in [0.1, 0.15) is 16.7 Å². The lowest BCUT2D eigenvalue weighted by atomic mass is 10.1. The van der Waals surface area contributed by atoms with Crippen molar-refractivity contribution in [3.05, 3.63) is 70.8 Å². The fraction of sp³-hybridized carbons (Fsp3) is 0.176. The normalized spacial score (nSPS) is 12.9. The van der Waals surface area contributed by atoms with E-state index in [0.717, 1.165) is 0 Å². The summed E-state index contributed by atoms with van der Waals surface area (Å²) in [6, 6.07) is 8.24. The topological polar surface area (TPSA) is 63.6 Å². The molecule has 0 saturated carbocycles. The molecule has 0 N–H and O–H groups in total. The van der Waals surface area contributed by atoms with Crippen LogP contribution in [0.4, 0.5) is 22.0 Å². The summed E-state index contributed by atoms with van der Waals surface area (Å²) in [7, 11) is -4.60. The zero-order valence-corrected chi connectivity index (χ0v) is 14.5. The Bertz CT molecular complexity index is 999. The van der Waals surface area contributed by atoms with E-state index in [9.17, 15) is 35.2 Å². The lowest BCUT2D eigenvalue weighted by molar-refractivity contribution is -0.138. The first-order valence-electron chi connectivity index (χ1n) is 7.32. The van der Waals surface area contributed by atoms with Gasteiger partial charge in [0.05, 0.1) is 17.5 Å². The Kier molecular flexibility index (Phi) is 5.79. The van der Waals surface area contributed by atoms with E-state index in [-0.39, 0.29) is 12.1 Å². The van der Waals surface area contributed by atoms with Crippen molar-refractivity contribution in [2.75, 3.05) is 6.26 Å². The maximum Gasteiger partial charge on any atom is 0.417 e. The fourth-order valence-corrected chi connectivity index (χ4v) is 3.08. The SMILES string of the molecule is CS(=O)(=O)C(=NC(=O)Cc1ccccc1)c1c(C(F)(F)F)ccc(F)c1F. The van der Waals surface area contributed by atoms with Gasteiger partial charge in [0.15, 0.2) is 26.5 Å². The zero-order valence-electron chi connectivity index (χ0n) is 13.7. The summed E-state index contributed by atoms with van der Waals surface area (Å²) >= 11 is 0. The number of benzene rings is 2. The second-order valence-corrected chi connectivity index (χ2v) is 7.46. The molecule has 27 heavy (non-hydrogen) atoms. The van der Waals surface area contributed by atoms with Crippen molar-refractivity contribution >= 4 is 20.8 Å². The molecule has 144 valence electrons. The van der Waals surface area contributed by atoms with Gasteiger partial charge in [0, 0.05) is 6.26 Å². The molecule has 0 unspecified atom stereocenters. The number of halogens is 5. The number of amides is 1. The van der Waals surface area contributed by atoms with Gasteiger partial charge in [-0.2, -0.15) is 13.2 Å². The van der Waals surface area contributed by atoms with E-state index in [1.54, 1.807) is 18.2 Å². The van der Waals surface area contributed by atoms with Gasteiger partial charge in [0.2, 0.25) is 0 Å². The Labute approximate surface area is 151 Å². The predicted molar refractivity (Wildman–Crippen MR) is 87.9 cm³/mol. The molecular weight excluding hydrogens is 393 g/mol. The first-order chi connectivity index (χ1) is 12.4. The molecule has 0 radical (unpaired) electrons. The fourth-order valence-electron chi connectivity index (χ4n) is 2.24. The van der Waals surface area contributed by atoms with Gasteiger partial charge in [-0.25, -0.2) is 22.2 Å². The smallest absolute Gasteiger partial charge is 0.272 e. The molecule has 0 aromatic heterocycles. The van der Waals surface area contributed by atoms with Crippen LogP contribution in [0.15, 0.2) is 47.5 Å². The minimum atomic E-state index is -5.20. The van der Waals surface area contributed by atoms with Crippen LogP contribution in [0.5, 0.6) is 0 Å². The summed E-state index contributed by atoms with van der Waals surface area (Å²) in [6.07, 6.45) is -5.18.